The first-order chi connectivity index (χ1) is 17.5. The predicted molar refractivity (Wildman–Crippen MR) is 144 cm³/mol. The number of rotatable bonds is 6. The zero-order chi connectivity index (χ0) is 25.2. The van der Waals surface area contributed by atoms with Crippen molar-refractivity contribution < 1.29 is 13.9 Å². The molecule has 0 unspecified atom stereocenters. The lowest BCUT2D eigenvalue weighted by Crippen LogP contribution is -2.20. The molecule has 0 N–H and O–H groups in total. The summed E-state index contributed by atoms with van der Waals surface area (Å²) in [4.78, 5) is 18.1. The minimum Gasteiger partial charge on any atom is -0.496 e. The first-order valence-corrected chi connectivity index (χ1v) is 11.9. The lowest BCUT2D eigenvalue weighted by Gasteiger charge is -2.09. The number of hydrogen-bond donors (Lipinski definition) is 0. The Balaban J connectivity index is 1.66. The van der Waals surface area contributed by atoms with Crippen molar-refractivity contribution in [3.05, 3.63) is 86.1 Å². The SMILES string of the molecule is C#CCOc1c(Cl)cc(C=Nn2c(-c3cc4c(OC)cccc4o3)nc3ccccc3c2=O)cc1Br. The van der Waals surface area contributed by atoms with Gasteiger partial charge < -0.3 is 13.9 Å². The third kappa shape index (κ3) is 4.35. The van der Waals surface area contributed by atoms with Crippen molar-refractivity contribution in [2.24, 2.45) is 5.10 Å². The van der Waals surface area contributed by atoms with Gasteiger partial charge in [0.25, 0.3) is 5.56 Å². The minimum absolute atomic E-state index is 0.0789. The molecule has 5 rings (SSSR count). The molecule has 2 aromatic heterocycles. The largest absolute Gasteiger partial charge is 0.496 e. The monoisotopic (exact) mass is 561 g/mol. The summed E-state index contributed by atoms with van der Waals surface area (Å²) < 4.78 is 18.8. The van der Waals surface area contributed by atoms with Gasteiger partial charge >= 0.3 is 0 Å². The number of benzene rings is 3. The van der Waals surface area contributed by atoms with Crippen LogP contribution in [0.1, 0.15) is 5.56 Å². The Morgan fingerprint density at radius 3 is 2.81 bits per heavy atom. The molecule has 3 aromatic carbocycles. The quantitative estimate of drug-likeness (QED) is 0.184. The second-order valence-corrected chi connectivity index (χ2v) is 8.86. The summed E-state index contributed by atoms with van der Waals surface area (Å²) in [5.41, 5.74) is 1.40. The summed E-state index contributed by atoms with van der Waals surface area (Å²) in [6.45, 7) is 0.0789. The summed E-state index contributed by atoms with van der Waals surface area (Å²) in [7, 11) is 1.59. The molecule has 2 heterocycles. The van der Waals surface area contributed by atoms with E-state index in [0.29, 0.717) is 48.8 Å². The fourth-order valence-corrected chi connectivity index (χ4v) is 4.73. The van der Waals surface area contributed by atoms with E-state index in [1.165, 1.54) is 10.9 Å². The van der Waals surface area contributed by atoms with Gasteiger partial charge in [-0.3, -0.25) is 4.79 Å². The number of ether oxygens (including phenoxy) is 2. The molecular formula is C27H17BrClN3O4. The third-order valence-corrected chi connectivity index (χ3v) is 6.23. The molecule has 0 bridgehead atoms. The number of nitrogens with zero attached hydrogens (tertiary/aromatic N) is 3. The fourth-order valence-electron chi connectivity index (χ4n) is 3.74. The average molecular weight is 563 g/mol. The van der Waals surface area contributed by atoms with Crippen molar-refractivity contribution in [1.29, 1.82) is 0 Å². The van der Waals surface area contributed by atoms with Gasteiger partial charge in [-0.25, -0.2) is 4.98 Å². The van der Waals surface area contributed by atoms with E-state index in [0.717, 1.165) is 5.39 Å². The Labute approximate surface area is 219 Å². The van der Waals surface area contributed by atoms with E-state index in [-0.39, 0.29) is 18.0 Å². The molecule has 9 heteroatoms. The van der Waals surface area contributed by atoms with Gasteiger partial charge in [-0.05, 0) is 64.0 Å². The van der Waals surface area contributed by atoms with E-state index < -0.39 is 0 Å². The van der Waals surface area contributed by atoms with Gasteiger partial charge in [0.2, 0.25) is 5.82 Å². The minimum atomic E-state index is -0.349. The van der Waals surface area contributed by atoms with Crippen LogP contribution in [-0.2, 0) is 0 Å². The van der Waals surface area contributed by atoms with E-state index >= 15 is 0 Å². The third-order valence-electron chi connectivity index (χ3n) is 5.36. The summed E-state index contributed by atoms with van der Waals surface area (Å²) in [5, 5.41) is 5.98. The van der Waals surface area contributed by atoms with Crippen molar-refractivity contribution in [3.63, 3.8) is 0 Å². The number of halogens is 2. The number of para-hydroxylation sites is 1. The van der Waals surface area contributed by atoms with Gasteiger partial charge in [-0.15, -0.1) is 6.42 Å². The van der Waals surface area contributed by atoms with Crippen LogP contribution in [0.25, 0.3) is 33.5 Å². The highest BCUT2D eigenvalue weighted by atomic mass is 79.9. The Hall–Kier alpha value is -4.06. The van der Waals surface area contributed by atoms with Crippen LogP contribution < -0.4 is 15.0 Å². The van der Waals surface area contributed by atoms with Gasteiger partial charge in [-0.2, -0.15) is 9.78 Å². The van der Waals surface area contributed by atoms with E-state index in [2.05, 4.69) is 27.0 Å². The number of furan rings is 1. The zero-order valence-electron chi connectivity index (χ0n) is 18.9. The number of fused-ring (bicyclic) bond motifs is 2. The summed E-state index contributed by atoms with van der Waals surface area (Å²) in [6, 6.07) is 17.7. The second-order valence-electron chi connectivity index (χ2n) is 7.60. The fraction of sp³-hybridized carbons (Fsp3) is 0.0741. The number of methoxy groups -OCH3 is 1. The summed E-state index contributed by atoms with van der Waals surface area (Å²) in [6.07, 6.45) is 6.77. The highest BCUT2D eigenvalue weighted by Crippen LogP contribution is 2.35. The van der Waals surface area contributed by atoms with Crippen LogP contribution >= 0.6 is 27.5 Å². The number of hydrogen-bond acceptors (Lipinski definition) is 6. The molecule has 0 radical (unpaired) electrons. The van der Waals surface area contributed by atoms with Crippen molar-refractivity contribution >= 4 is 55.6 Å². The standard InChI is InChI=1S/C27H17BrClN3O4/c1-3-11-35-25-19(28)12-16(13-20(25)29)15-30-32-26(31-21-8-5-4-7-17(21)27(32)33)24-14-18-22(34-2)9-6-10-23(18)36-24/h1,4-10,12-15H,11H2,2H3. The highest BCUT2D eigenvalue weighted by molar-refractivity contribution is 9.10. The van der Waals surface area contributed by atoms with E-state index in [1.54, 1.807) is 43.5 Å². The molecule has 0 saturated heterocycles. The van der Waals surface area contributed by atoms with Crippen molar-refractivity contribution in [3.8, 4) is 35.4 Å². The highest BCUT2D eigenvalue weighted by Gasteiger charge is 2.18. The molecule has 0 amide bonds. The lowest BCUT2D eigenvalue weighted by molar-refractivity contribution is 0.368. The van der Waals surface area contributed by atoms with Gasteiger partial charge in [0.15, 0.2) is 11.5 Å². The van der Waals surface area contributed by atoms with Gasteiger partial charge in [0, 0.05) is 0 Å². The molecule has 7 nitrogen and oxygen atoms in total. The normalized spacial score (nSPS) is 11.3. The second kappa shape index (κ2) is 9.90. The maximum atomic E-state index is 13.5. The van der Waals surface area contributed by atoms with Crippen LogP contribution in [0, 0.1) is 12.3 Å². The Bertz CT molecular complexity index is 1730. The van der Waals surface area contributed by atoms with Crippen molar-refractivity contribution in [1.82, 2.24) is 9.66 Å². The number of aromatic nitrogens is 2. The molecule has 0 saturated carbocycles. The molecule has 36 heavy (non-hydrogen) atoms. The van der Waals surface area contributed by atoms with Crippen LogP contribution in [0.15, 0.2) is 79.4 Å². The molecule has 0 atom stereocenters. The molecule has 178 valence electrons. The van der Waals surface area contributed by atoms with Crippen LogP contribution in [0.4, 0.5) is 0 Å². The van der Waals surface area contributed by atoms with Crippen molar-refractivity contribution in [2.45, 2.75) is 0 Å². The molecule has 5 aromatic rings. The molecule has 0 spiro atoms. The molecule has 0 aliphatic rings. The Morgan fingerprint density at radius 2 is 2.03 bits per heavy atom. The Kier molecular flexibility index (Phi) is 6.51. The van der Waals surface area contributed by atoms with Crippen LogP contribution in [0.3, 0.4) is 0 Å². The lowest BCUT2D eigenvalue weighted by atomic mass is 10.2. The van der Waals surface area contributed by atoms with E-state index in [9.17, 15) is 4.79 Å². The molecule has 0 aliphatic carbocycles. The predicted octanol–water partition coefficient (Wildman–Crippen LogP) is 6.13. The smallest absolute Gasteiger partial charge is 0.282 e. The average Bonchev–Trinajstić information content (AvgIpc) is 3.32. The maximum absolute atomic E-state index is 13.5. The van der Waals surface area contributed by atoms with E-state index in [1.807, 2.05) is 24.3 Å². The maximum Gasteiger partial charge on any atom is 0.282 e. The molecule has 0 aliphatic heterocycles. The van der Waals surface area contributed by atoms with Crippen LogP contribution in [-0.4, -0.2) is 29.6 Å². The summed E-state index contributed by atoms with van der Waals surface area (Å²) >= 11 is 9.81. The van der Waals surface area contributed by atoms with Gasteiger partial charge in [0.05, 0.1) is 39.1 Å². The van der Waals surface area contributed by atoms with Gasteiger partial charge in [0.1, 0.15) is 17.9 Å². The first-order valence-electron chi connectivity index (χ1n) is 10.7. The Morgan fingerprint density at radius 1 is 1.19 bits per heavy atom. The summed E-state index contributed by atoms with van der Waals surface area (Å²) in [5.74, 6) is 4.08. The van der Waals surface area contributed by atoms with E-state index in [4.69, 9.17) is 36.9 Å². The zero-order valence-corrected chi connectivity index (χ0v) is 21.2. The van der Waals surface area contributed by atoms with Crippen LogP contribution in [0.2, 0.25) is 5.02 Å². The van der Waals surface area contributed by atoms with Crippen molar-refractivity contribution in [2.75, 3.05) is 13.7 Å². The van der Waals surface area contributed by atoms with Gasteiger partial charge in [-0.1, -0.05) is 35.7 Å². The number of terminal acetylenes is 1. The first kappa shape index (κ1) is 23.7. The van der Waals surface area contributed by atoms with Crippen LogP contribution in [0.5, 0.6) is 11.5 Å². The molecule has 0 fully saturated rings. The molecular weight excluding hydrogens is 546 g/mol. The topological polar surface area (TPSA) is 78.8 Å².